The molecule has 0 spiro atoms. The first-order valence-electron chi connectivity index (χ1n) is 9.55. The van der Waals surface area contributed by atoms with Gasteiger partial charge in [0.1, 0.15) is 11.5 Å². The van der Waals surface area contributed by atoms with E-state index in [1.807, 2.05) is 67.3 Å². The predicted octanol–water partition coefficient (Wildman–Crippen LogP) is 5.07. The van der Waals surface area contributed by atoms with Gasteiger partial charge in [0.25, 0.3) is 0 Å². The van der Waals surface area contributed by atoms with Crippen molar-refractivity contribution in [2.45, 2.75) is 26.7 Å². The molecule has 6 heteroatoms. The number of carbonyl (C=O) groups is 2. The van der Waals surface area contributed by atoms with Gasteiger partial charge in [-0.2, -0.15) is 0 Å². The summed E-state index contributed by atoms with van der Waals surface area (Å²) in [6, 6.07) is 15.0. The van der Waals surface area contributed by atoms with Crippen LogP contribution in [0.3, 0.4) is 0 Å². The fraction of sp³-hybridized carbons (Fsp3) is 0.364. The summed E-state index contributed by atoms with van der Waals surface area (Å²) in [6.07, 6.45) is 1.41. The summed E-state index contributed by atoms with van der Waals surface area (Å²) in [7, 11) is 0. The molecule has 0 atom stereocenters. The van der Waals surface area contributed by atoms with Gasteiger partial charge in [-0.15, -0.1) is 0 Å². The lowest BCUT2D eigenvalue weighted by Crippen LogP contribution is -2.43. The molecule has 28 heavy (non-hydrogen) atoms. The number of carbonyl (C=O) groups excluding carboxylic acids is 2. The first-order chi connectivity index (χ1) is 13.4. The monoisotopic (exact) mass is 444 g/mol. The summed E-state index contributed by atoms with van der Waals surface area (Å²) >= 11 is 3.40. The Hall–Kier alpha value is -2.34. The van der Waals surface area contributed by atoms with E-state index in [1.54, 1.807) is 0 Å². The Morgan fingerprint density at radius 2 is 1.54 bits per heavy atom. The molecule has 148 valence electrons. The highest BCUT2D eigenvalue weighted by molar-refractivity contribution is 9.10. The van der Waals surface area contributed by atoms with E-state index in [0.717, 1.165) is 15.9 Å². The molecule has 5 nitrogen and oxygen atoms in total. The molecule has 2 aromatic carbocycles. The van der Waals surface area contributed by atoms with Crippen molar-refractivity contribution in [3.8, 4) is 11.5 Å². The zero-order chi connectivity index (χ0) is 20.1. The summed E-state index contributed by atoms with van der Waals surface area (Å²) in [6.45, 7) is 5.11. The van der Waals surface area contributed by atoms with Crippen LogP contribution in [-0.2, 0) is 9.59 Å². The molecule has 0 aliphatic carbocycles. The lowest BCUT2D eigenvalue weighted by atomic mass is 9.95. The Bertz CT molecular complexity index is 811. The predicted molar refractivity (Wildman–Crippen MR) is 113 cm³/mol. The standard InChI is InChI=1S/C22H25BrN2O3/c1-15(2)22(27)25-13-11-16(12-14-25)21(26)24-18-5-9-20(10-6-18)28-19-7-3-17(23)4-8-19/h3-10,15-16H,11-14H2,1-2H3,(H,24,26). The zero-order valence-corrected chi connectivity index (χ0v) is 17.7. The Morgan fingerprint density at radius 3 is 2.07 bits per heavy atom. The van der Waals surface area contributed by atoms with E-state index in [1.165, 1.54) is 0 Å². The lowest BCUT2D eigenvalue weighted by molar-refractivity contribution is -0.137. The van der Waals surface area contributed by atoms with Gasteiger partial charge in [0.2, 0.25) is 11.8 Å². The fourth-order valence-corrected chi connectivity index (χ4v) is 3.48. The first kappa shape index (κ1) is 20.4. The Kier molecular flexibility index (Phi) is 6.73. The summed E-state index contributed by atoms with van der Waals surface area (Å²) in [5.74, 6) is 1.58. The topological polar surface area (TPSA) is 58.6 Å². The molecule has 1 saturated heterocycles. The average molecular weight is 445 g/mol. The van der Waals surface area contributed by atoms with Gasteiger partial charge in [-0.05, 0) is 61.4 Å². The first-order valence-corrected chi connectivity index (χ1v) is 10.3. The van der Waals surface area contributed by atoms with Gasteiger partial charge in [-0.1, -0.05) is 29.8 Å². The van der Waals surface area contributed by atoms with Gasteiger partial charge >= 0.3 is 0 Å². The normalized spacial score (nSPS) is 14.8. The van der Waals surface area contributed by atoms with Crippen molar-refractivity contribution in [3.05, 3.63) is 53.0 Å². The third kappa shape index (κ3) is 5.35. The maximum absolute atomic E-state index is 12.5. The van der Waals surface area contributed by atoms with E-state index >= 15 is 0 Å². The lowest BCUT2D eigenvalue weighted by Gasteiger charge is -2.32. The van der Waals surface area contributed by atoms with Crippen LogP contribution in [0.25, 0.3) is 0 Å². The number of piperidine rings is 1. The van der Waals surface area contributed by atoms with Crippen molar-refractivity contribution in [2.24, 2.45) is 11.8 Å². The van der Waals surface area contributed by atoms with Crippen LogP contribution in [0.15, 0.2) is 53.0 Å². The molecule has 3 rings (SSSR count). The van der Waals surface area contributed by atoms with Crippen molar-refractivity contribution < 1.29 is 14.3 Å². The number of hydrogen-bond acceptors (Lipinski definition) is 3. The van der Waals surface area contributed by atoms with E-state index in [2.05, 4.69) is 21.2 Å². The molecule has 2 aromatic rings. The highest BCUT2D eigenvalue weighted by atomic mass is 79.9. The third-order valence-electron chi connectivity index (χ3n) is 4.84. The number of rotatable bonds is 5. The van der Waals surface area contributed by atoms with Crippen molar-refractivity contribution in [2.75, 3.05) is 18.4 Å². The van der Waals surface area contributed by atoms with Crippen LogP contribution in [0.4, 0.5) is 5.69 Å². The van der Waals surface area contributed by atoms with Gasteiger partial charge in [0, 0.05) is 35.1 Å². The van der Waals surface area contributed by atoms with Crippen LogP contribution in [0.5, 0.6) is 11.5 Å². The number of ether oxygens (including phenoxy) is 1. The summed E-state index contributed by atoms with van der Waals surface area (Å²) in [4.78, 5) is 26.5. The molecule has 1 aliphatic heterocycles. The molecule has 1 aliphatic rings. The highest BCUT2D eigenvalue weighted by Crippen LogP contribution is 2.25. The maximum Gasteiger partial charge on any atom is 0.227 e. The number of amides is 2. The van der Waals surface area contributed by atoms with Crippen LogP contribution in [0.2, 0.25) is 0 Å². The van der Waals surface area contributed by atoms with Crippen molar-refractivity contribution in [1.82, 2.24) is 4.90 Å². The van der Waals surface area contributed by atoms with Gasteiger partial charge in [0.05, 0.1) is 0 Å². The maximum atomic E-state index is 12.5. The molecule has 0 unspecified atom stereocenters. The third-order valence-corrected chi connectivity index (χ3v) is 5.37. The van der Waals surface area contributed by atoms with Gasteiger partial charge in [-0.25, -0.2) is 0 Å². The molecule has 2 amide bonds. The Labute approximate surface area is 174 Å². The molecular formula is C22H25BrN2O3. The van der Waals surface area contributed by atoms with E-state index in [-0.39, 0.29) is 23.7 Å². The van der Waals surface area contributed by atoms with Crippen molar-refractivity contribution >= 4 is 33.4 Å². The molecule has 0 radical (unpaired) electrons. The minimum absolute atomic E-state index is 0.00326. The quantitative estimate of drug-likeness (QED) is 0.699. The molecule has 0 saturated carbocycles. The Morgan fingerprint density at radius 1 is 1.00 bits per heavy atom. The molecule has 1 fully saturated rings. The van der Waals surface area contributed by atoms with Crippen LogP contribution in [0.1, 0.15) is 26.7 Å². The molecule has 0 aromatic heterocycles. The van der Waals surface area contributed by atoms with Crippen LogP contribution >= 0.6 is 15.9 Å². The Balaban J connectivity index is 1.51. The van der Waals surface area contributed by atoms with E-state index in [4.69, 9.17) is 4.74 Å². The second-order valence-corrected chi connectivity index (χ2v) is 8.24. The van der Waals surface area contributed by atoms with E-state index in [9.17, 15) is 9.59 Å². The molecule has 1 heterocycles. The van der Waals surface area contributed by atoms with Gasteiger partial charge < -0.3 is 15.0 Å². The number of nitrogens with one attached hydrogen (secondary N) is 1. The number of nitrogens with zero attached hydrogens (tertiary/aromatic N) is 1. The van der Waals surface area contributed by atoms with Crippen LogP contribution < -0.4 is 10.1 Å². The number of benzene rings is 2. The van der Waals surface area contributed by atoms with Gasteiger partial charge in [-0.3, -0.25) is 9.59 Å². The fourth-order valence-electron chi connectivity index (χ4n) is 3.22. The van der Waals surface area contributed by atoms with Crippen LogP contribution in [0, 0.1) is 11.8 Å². The molecular weight excluding hydrogens is 420 g/mol. The number of likely N-dealkylation sites (tertiary alicyclic amines) is 1. The minimum Gasteiger partial charge on any atom is -0.457 e. The number of halogens is 1. The van der Waals surface area contributed by atoms with E-state index < -0.39 is 0 Å². The zero-order valence-electron chi connectivity index (χ0n) is 16.2. The summed E-state index contributed by atoms with van der Waals surface area (Å²) < 4.78 is 6.79. The van der Waals surface area contributed by atoms with Crippen molar-refractivity contribution in [3.63, 3.8) is 0 Å². The summed E-state index contributed by atoms with van der Waals surface area (Å²) in [5.41, 5.74) is 0.744. The van der Waals surface area contributed by atoms with Crippen molar-refractivity contribution in [1.29, 1.82) is 0 Å². The summed E-state index contributed by atoms with van der Waals surface area (Å²) in [5, 5.41) is 2.97. The number of hydrogen-bond donors (Lipinski definition) is 1. The average Bonchev–Trinajstić information content (AvgIpc) is 2.70. The second-order valence-electron chi connectivity index (χ2n) is 7.32. The highest BCUT2D eigenvalue weighted by Gasteiger charge is 2.28. The number of anilines is 1. The second kappa shape index (κ2) is 9.24. The molecule has 1 N–H and O–H groups in total. The van der Waals surface area contributed by atoms with Crippen LogP contribution in [-0.4, -0.2) is 29.8 Å². The molecule has 0 bridgehead atoms. The largest absolute Gasteiger partial charge is 0.457 e. The van der Waals surface area contributed by atoms with E-state index in [0.29, 0.717) is 31.7 Å². The van der Waals surface area contributed by atoms with Gasteiger partial charge in [0.15, 0.2) is 0 Å². The SMILES string of the molecule is CC(C)C(=O)N1CCC(C(=O)Nc2ccc(Oc3ccc(Br)cc3)cc2)CC1. The smallest absolute Gasteiger partial charge is 0.227 e. The minimum atomic E-state index is -0.0603.